The van der Waals surface area contributed by atoms with E-state index in [-0.39, 0.29) is 30.9 Å². The lowest BCUT2D eigenvalue weighted by atomic mass is 10.0. The van der Waals surface area contributed by atoms with Gasteiger partial charge in [0.25, 0.3) is 5.91 Å². The van der Waals surface area contributed by atoms with Gasteiger partial charge in [0, 0.05) is 23.9 Å². The third-order valence-electron chi connectivity index (χ3n) is 6.18. The summed E-state index contributed by atoms with van der Waals surface area (Å²) in [6.45, 7) is -0.128. The SMILES string of the molecule is O=C(Nc1ccc2c(c1)OCO2)C(c1cccc(F)c1)N(Cc1ccccc1F)C(=O)Cc1ccccc1. The van der Waals surface area contributed by atoms with Crippen LogP contribution in [0.15, 0.2) is 97.1 Å². The molecular formula is C30H24F2N2O4. The van der Waals surface area contributed by atoms with E-state index in [0.717, 1.165) is 5.56 Å². The summed E-state index contributed by atoms with van der Waals surface area (Å²) < 4.78 is 39.8. The lowest BCUT2D eigenvalue weighted by Gasteiger charge is -2.32. The number of nitrogens with one attached hydrogen (secondary N) is 1. The summed E-state index contributed by atoms with van der Waals surface area (Å²) >= 11 is 0. The van der Waals surface area contributed by atoms with Crippen LogP contribution in [0.25, 0.3) is 0 Å². The van der Waals surface area contributed by atoms with Crippen molar-refractivity contribution in [3.8, 4) is 11.5 Å². The van der Waals surface area contributed by atoms with Crippen molar-refractivity contribution in [3.05, 3.63) is 125 Å². The van der Waals surface area contributed by atoms with E-state index in [9.17, 15) is 18.4 Å². The molecule has 0 aromatic heterocycles. The van der Waals surface area contributed by atoms with E-state index in [1.165, 1.54) is 29.2 Å². The molecule has 5 rings (SSSR count). The van der Waals surface area contributed by atoms with Crippen molar-refractivity contribution < 1.29 is 27.8 Å². The van der Waals surface area contributed by atoms with Gasteiger partial charge in [0.05, 0.1) is 6.42 Å². The normalized spacial score (nSPS) is 12.6. The molecule has 0 bridgehead atoms. The first-order valence-corrected chi connectivity index (χ1v) is 12.0. The zero-order valence-corrected chi connectivity index (χ0v) is 20.3. The molecule has 1 N–H and O–H groups in total. The maximum atomic E-state index is 14.7. The Balaban J connectivity index is 1.54. The molecule has 0 radical (unpaired) electrons. The number of nitrogens with zero attached hydrogens (tertiary/aromatic N) is 1. The zero-order valence-electron chi connectivity index (χ0n) is 20.3. The Morgan fingerprint density at radius 2 is 1.61 bits per heavy atom. The second kappa shape index (κ2) is 11.1. The van der Waals surface area contributed by atoms with Crippen molar-refractivity contribution in [2.75, 3.05) is 12.1 Å². The molecule has 4 aromatic carbocycles. The van der Waals surface area contributed by atoms with Crippen LogP contribution in [0, 0.1) is 11.6 Å². The third kappa shape index (κ3) is 5.64. The van der Waals surface area contributed by atoms with E-state index in [1.54, 1.807) is 66.7 Å². The molecule has 1 unspecified atom stereocenters. The Hall–Kier alpha value is -4.72. The van der Waals surface area contributed by atoms with Crippen LogP contribution >= 0.6 is 0 Å². The molecule has 0 fully saturated rings. The Kier molecular flexibility index (Phi) is 7.31. The van der Waals surface area contributed by atoms with Crippen LogP contribution < -0.4 is 14.8 Å². The third-order valence-corrected chi connectivity index (χ3v) is 6.18. The quantitative estimate of drug-likeness (QED) is 0.330. The Morgan fingerprint density at radius 3 is 2.39 bits per heavy atom. The smallest absolute Gasteiger partial charge is 0.251 e. The van der Waals surface area contributed by atoms with Crippen molar-refractivity contribution in [1.29, 1.82) is 0 Å². The summed E-state index contributed by atoms with van der Waals surface area (Å²) in [6.07, 6.45) is -0.0294. The highest BCUT2D eigenvalue weighted by Gasteiger charge is 2.33. The summed E-state index contributed by atoms with van der Waals surface area (Å²) in [4.78, 5) is 28.8. The molecule has 8 heteroatoms. The van der Waals surface area contributed by atoms with E-state index < -0.39 is 29.5 Å². The van der Waals surface area contributed by atoms with Crippen molar-refractivity contribution >= 4 is 17.5 Å². The molecule has 38 heavy (non-hydrogen) atoms. The highest BCUT2D eigenvalue weighted by atomic mass is 19.1. The molecule has 1 aliphatic heterocycles. The molecule has 2 amide bonds. The van der Waals surface area contributed by atoms with E-state index in [4.69, 9.17) is 9.47 Å². The molecule has 4 aromatic rings. The van der Waals surface area contributed by atoms with Gasteiger partial charge in [-0.25, -0.2) is 8.78 Å². The van der Waals surface area contributed by atoms with Gasteiger partial charge in [0.1, 0.15) is 17.7 Å². The minimum absolute atomic E-state index is 0.0294. The Bertz CT molecular complexity index is 1460. The largest absolute Gasteiger partial charge is 0.454 e. The fourth-order valence-corrected chi connectivity index (χ4v) is 4.34. The van der Waals surface area contributed by atoms with Crippen molar-refractivity contribution in [2.24, 2.45) is 0 Å². The number of rotatable bonds is 8. The van der Waals surface area contributed by atoms with Crippen LogP contribution in [0.2, 0.25) is 0 Å². The van der Waals surface area contributed by atoms with E-state index in [2.05, 4.69) is 5.32 Å². The fraction of sp³-hybridized carbons (Fsp3) is 0.133. The second-order valence-corrected chi connectivity index (χ2v) is 8.79. The zero-order chi connectivity index (χ0) is 26.5. The number of carbonyl (C=O) groups excluding carboxylic acids is 2. The molecular weight excluding hydrogens is 490 g/mol. The lowest BCUT2D eigenvalue weighted by molar-refractivity contribution is -0.139. The van der Waals surface area contributed by atoms with Gasteiger partial charge in [-0.1, -0.05) is 60.7 Å². The number of hydrogen-bond acceptors (Lipinski definition) is 4. The van der Waals surface area contributed by atoms with Crippen LogP contribution in [0.3, 0.4) is 0 Å². The van der Waals surface area contributed by atoms with E-state index >= 15 is 0 Å². The van der Waals surface area contributed by atoms with Gasteiger partial charge in [0.15, 0.2) is 11.5 Å². The molecule has 1 aliphatic rings. The first kappa shape index (κ1) is 25.0. The molecule has 0 saturated carbocycles. The standard InChI is InChI=1S/C30H24F2N2O4/c31-23-11-6-10-21(16-23)29(30(36)33-24-13-14-26-27(17-24)38-19-37-26)34(18-22-9-4-5-12-25(22)32)28(35)15-20-7-2-1-3-8-20/h1-14,16-17,29H,15,18-19H2,(H,33,36). The number of fused-ring (bicyclic) bond motifs is 1. The van der Waals surface area contributed by atoms with Gasteiger partial charge in [-0.2, -0.15) is 0 Å². The van der Waals surface area contributed by atoms with Gasteiger partial charge >= 0.3 is 0 Å². The van der Waals surface area contributed by atoms with Crippen molar-refractivity contribution in [2.45, 2.75) is 19.0 Å². The number of halogens is 2. The number of hydrogen-bond donors (Lipinski definition) is 1. The summed E-state index contributed by atoms with van der Waals surface area (Å²) in [5, 5.41) is 2.80. The van der Waals surface area contributed by atoms with Crippen LogP contribution in [-0.2, 0) is 22.6 Å². The summed E-state index contributed by atoms with van der Waals surface area (Å²) in [6, 6.07) is 24.2. The van der Waals surface area contributed by atoms with Crippen LogP contribution in [0.5, 0.6) is 11.5 Å². The Morgan fingerprint density at radius 1 is 0.842 bits per heavy atom. The average molecular weight is 515 g/mol. The minimum Gasteiger partial charge on any atom is -0.454 e. The fourth-order valence-electron chi connectivity index (χ4n) is 4.34. The van der Waals surface area contributed by atoms with Gasteiger partial charge in [-0.05, 0) is 41.5 Å². The second-order valence-electron chi connectivity index (χ2n) is 8.79. The van der Waals surface area contributed by atoms with E-state index in [1.807, 2.05) is 6.07 Å². The van der Waals surface area contributed by atoms with Crippen LogP contribution in [0.4, 0.5) is 14.5 Å². The number of carbonyl (C=O) groups is 2. The molecule has 0 saturated heterocycles. The minimum atomic E-state index is -1.26. The first-order valence-electron chi connectivity index (χ1n) is 12.0. The molecule has 6 nitrogen and oxygen atoms in total. The molecule has 1 atom stereocenters. The van der Waals surface area contributed by atoms with Crippen molar-refractivity contribution in [1.82, 2.24) is 4.90 Å². The highest BCUT2D eigenvalue weighted by molar-refractivity contribution is 5.98. The van der Waals surface area contributed by atoms with Gasteiger partial charge in [0.2, 0.25) is 12.7 Å². The predicted molar refractivity (Wildman–Crippen MR) is 137 cm³/mol. The van der Waals surface area contributed by atoms with Gasteiger partial charge in [-0.3, -0.25) is 9.59 Å². The van der Waals surface area contributed by atoms with Crippen LogP contribution in [0.1, 0.15) is 22.7 Å². The summed E-state index contributed by atoms with van der Waals surface area (Å²) in [7, 11) is 0. The molecule has 0 aliphatic carbocycles. The highest BCUT2D eigenvalue weighted by Crippen LogP contribution is 2.35. The number of benzene rings is 4. The molecule has 1 heterocycles. The Labute approximate surface area is 218 Å². The summed E-state index contributed by atoms with van der Waals surface area (Å²) in [5.74, 6) is -1.08. The molecule has 0 spiro atoms. The molecule has 192 valence electrons. The number of anilines is 1. The monoisotopic (exact) mass is 514 g/mol. The number of amides is 2. The van der Waals surface area contributed by atoms with E-state index in [0.29, 0.717) is 17.2 Å². The maximum Gasteiger partial charge on any atom is 0.251 e. The maximum absolute atomic E-state index is 14.7. The summed E-state index contributed by atoms with van der Waals surface area (Å²) in [5.41, 5.74) is 1.61. The van der Waals surface area contributed by atoms with Crippen LogP contribution in [-0.4, -0.2) is 23.5 Å². The number of ether oxygens (including phenoxy) is 2. The van der Waals surface area contributed by atoms with Gasteiger partial charge < -0.3 is 19.7 Å². The van der Waals surface area contributed by atoms with Gasteiger partial charge in [-0.15, -0.1) is 0 Å². The lowest BCUT2D eigenvalue weighted by Crippen LogP contribution is -2.42. The predicted octanol–water partition coefficient (Wildman–Crippen LogP) is 5.64. The topological polar surface area (TPSA) is 67.9 Å². The first-order chi connectivity index (χ1) is 18.5. The average Bonchev–Trinajstić information content (AvgIpc) is 3.38. The van der Waals surface area contributed by atoms with Crippen molar-refractivity contribution in [3.63, 3.8) is 0 Å².